The molecule has 63 valence electrons. The monoisotopic (exact) mass is 153 g/mol. The van der Waals surface area contributed by atoms with E-state index >= 15 is 0 Å². The molecule has 0 aromatic heterocycles. The zero-order chi connectivity index (χ0) is 8.53. The van der Waals surface area contributed by atoms with Crippen LogP contribution in [0.2, 0.25) is 0 Å². The highest BCUT2D eigenvalue weighted by Gasteiger charge is 1.86. The number of unbranched alkanes of at least 4 members (excludes halogenated alkanes) is 3. The number of allylic oxidation sites excluding steroid dienone is 2. The van der Waals surface area contributed by atoms with Crippen LogP contribution in [-0.4, -0.2) is 6.29 Å². The first-order valence-electron chi connectivity index (χ1n) is 4.29. The molecule has 0 N–H and O–H groups in total. The SMILES string of the molecule is CC(C)C=CCCCC[C]=O. The summed E-state index contributed by atoms with van der Waals surface area (Å²) < 4.78 is 0. The Hall–Kier alpha value is -0.590. The van der Waals surface area contributed by atoms with Crippen molar-refractivity contribution in [2.75, 3.05) is 0 Å². The number of rotatable bonds is 6. The molecule has 0 aromatic carbocycles. The van der Waals surface area contributed by atoms with E-state index in [4.69, 9.17) is 0 Å². The van der Waals surface area contributed by atoms with Crippen molar-refractivity contribution < 1.29 is 4.79 Å². The van der Waals surface area contributed by atoms with Crippen LogP contribution in [0.25, 0.3) is 0 Å². The molecule has 0 amide bonds. The molecule has 0 rings (SSSR count). The molecule has 0 spiro atoms. The first kappa shape index (κ1) is 10.4. The molecule has 1 nitrogen and oxygen atoms in total. The minimum atomic E-state index is 0.593. The van der Waals surface area contributed by atoms with E-state index in [0.29, 0.717) is 12.3 Å². The summed E-state index contributed by atoms with van der Waals surface area (Å²) in [6.45, 7) is 4.32. The van der Waals surface area contributed by atoms with Crippen LogP contribution in [0.4, 0.5) is 0 Å². The van der Waals surface area contributed by atoms with Gasteiger partial charge in [0, 0.05) is 6.42 Å². The summed E-state index contributed by atoms with van der Waals surface area (Å²) >= 11 is 0. The highest BCUT2D eigenvalue weighted by molar-refractivity contribution is 5.50. The molecule has 0 bridgehead atoms. The molecule has 11 heavy (non-hydrogen) atoms. The lowest BCUT2D eigenvalue weighted by molar-refractivity contribution is 0.547. The Morgan fingerprint density at radius 1 is 1.36 bits per heavy atom. The molecule has 0 saturated carbocycles. The van der Waals surface area contributed by atoms with Gasteiger partial charge >= 0.3 is 0 Å². The van der Waals surface area contributed by atoms with Crippen molar-refractivity contribution >= 4 is 6.29 Å². The second kappa shape index (κ2) is 7.52. The van der Waals surface area contributed by atoms with Crippen molar-refractivity contribution in [3.05, 3.63) is 12.2 Å². The number of carbonyl (C=O) groups excluding carboxylic acids is 1. The maximum atomic E-state index is 9.80. The lowest BCUT2D eigenvalue weighted by atomic mass is 10.1. The summed E-state index contributed by atoms with van der Waals surface area (Å²) in [5.74, 6) is 0.646. The summed E-state index contributed by atoms with van der Waals surface area (Å²) in [4.78, 5) is 9.80. The van der Waals surface area contributed by atoms with Gasteiger partial charge in [-0.15, -0.1) is 0 Å². The standard InChI is InChI=1S/C10H17O/c1-10(2)8-6-4-3-5-7-9-11/h6,8,10H,3-5,7H2,1-2H3. The lowest BCUT2D eigenvalue weighted by Gasteiger charge is -1.93. The Morgan fingerprint density at radius 3 is 2.64 bits per heavy atom. The van der Waals surface area contributed by atoms with Crippen molar-refractivity contribution in [1.29, 1.82) is 0 Å². The van der Waals surface area contributed by atoms with Crippen LogP contribution in [-0.2, 0) is 4.79 Å². The maximum Gasteiger partial charge on any atom is 0.198 e. The average Bonchev–Trinajstić information content (AvgIpc) is 1.96. The van der Waals surface area contributed by atoms with Gasteiger partial charge in [-0.05, 0) is 25.2 Å². The van der Waals surface area contributed by atoms with Gasteiger partial charge in [-0.2, -0.15) is 0 Å². The van der Waals surface area contributed by atoms with Gasteiger partial charge in [-0.1, -0.05) is 26.0 Å². The third kappa shape index (κ3) is 9.41. The molecule has 0 aliphatic heterocycles. The van der Waals surface area contributed by atoms with E-state index in [1.165, 1.54) is 0 Å². The van der Waals surface area contributed by atoms with Crippen LogP contribution < -0.4 is 0 Å². The highest BCUT2D eigenvalue weighted by Crippen LogP contribution is 2.01. The van der Waals surface area contributed by atoms with Crippen LogP contribution in [0.3, 0.4) is 0 Å². The van der Waals surface area contributed by atoms with E-state index in [9.17, 15) is 4.79 Å². The smallest absolute Gasteiger partial charge is 0.198 e. The average molecular weight is 153 g/mol. The fraction of sp³-hybridized carbons (Fsp3) is 0.700. The van der Waals surface area contributed by atoms with Crippen molar-refractivity contribution in [3.8, 4) is 0 Å². The number of hydrogen-bond acceptors (Lipinski definition) is 1. The van der Waals surface area contributed by atoms with Gasteiger partial charge in [-0.25, -0.2) is 0 Å². The van der Waals surface area contributed by atoms with Gasteiger partial charge in [0.1, 0.15) is 0 Å². The summed E-state index contributed by atoms with van der Waals surface area (Å²) in [6, 6.07) is 0. The van der Waals surface area contributed by atoms with Crippen molar-refractivity contribution in [1.82, 2.24) is 0 Å². The normalized spacial score (nSPS) is 11.2. The predicted molar refractivity (Wildman–Crippen MR) is 48.1 cm³/mol. The van der Waals surface area contributed by atoms with Gasteiger partial charge < -0.3 is 0 Å². The topological polar surface area (TPSA) is 17.1 Å². The second-order valence-corrected chi connectivity index (χ2v) is 3.06. The first-order chi connectivity index (χ1) is 5.27. The van der Waals surface area contributed by atoms with E-state index < -0.39 is 0 Å². The molecular formula is C10H17O. The van der Waals surface area contributed by atoms with Crippen LogP contribution in [0.5, 0.6) is 0 Å². The molecule has 0 atom stereocenters. The lowest BCUT2D eigenvalue weighted by Crippen LogP contribution is -1.79. The van der Waals surface area contributed by atoms with E-state index in [1.807, 2.05) is 6.29 Å². The molecule has 0 aliphatic carbocycles. The molecule has 0 fully saturated rings. The molecule has 1 heteroatoms. The van der Waals surface area contributed by atoms with Crippen molar-refractivity contribution in [3.63, 3.8) is 0 Å². The Labute approximate surface area is 69.5 Å². The third-order valence-corrected chi connectivity index (χ3v) is 1.42. The Balaban J connectivity index is 3.07. The van der Waals surface area contributed by atoms with Gasteiger partial charge in [-0.3, -0.25) is 4.79 Å². The number of hydrogen-bond donors (Lipinski definition) is 0. The second-order valence-electron chi connectivity index (χ2n) is 3.06. The van der Waals surface area contributed by atoms with Crippen molar-refractivity contribution in [2.45, 2.75) is 39.5 Å². The molecule has 0 heterocycles. The fourth-order valence-electron chi connectivity index (χ4n) is 0.828. The Kier molecular flexibility index (Phi) is 7.11. The molecule has 0 aliphatic rings. The highest BCUT2D eigenvalue weighted by atomic mass is 16.1. The quantitative estimate of drug-likeness (QED) is 0.423. The minimum Gasteiger partial charge on any atom is -0.291 e. The summed E-state index contributed by atoms with van der Waals surface area (Å²) in [7, 11) is 0. The summed E-state index contributed by atoms with van der Waals surface area (Å²) in [5.41, 5.74) is 0. The van der Waals surface area contributed by atoms with Crippen LogP contribution in [0.15, 0.2) is 12.2 Å². The fourth-order valence-corrected chi connectivity index (χ4v) is 0.828. The summed E-state index contributed by atoms with van der Waals surface area (Å²) in [6.07, 6.45) is 10.1. The first-order valence-corrected chi connectivity index (χ1v) is 4.29. The summed E-state index contributed by atoms with van der Waals surface area (Å²) in [5, 5.41) is 0. The Bertz CT molecular complexity index is 114. The molecular weight excluding hydrogens is 136 g/mol. The molecule has 0 saturated heterocycles. The maximum absolute atomic E-state index is 9.80. The minimum absolute atomic E-state index is 0.593. The van der Waals surface area contributed by atoms with Gasteiger partial charge in [0.05, 0.1) is 0 Å². The van der Waals surface area contributed by atoms with Crippen LogP contribution in [0.1, 0.15) is 39.5 Å². The zero-order valence-corrected chi connectivity index (χ0v) is 7.47. The van der Waals surface area contributed by atoms with E-state index in [-0.39, 0.29) is 0 Å². The van der Waals surface area contributed by atoms with Gasteiger partial charge in [0.25, 0.3) is 0 Å². The van der Waals surface area contributed by atoms with E-state index in [0.717, 1.165) is 19.3 Å². The van der Waals surface area contributed by atoms with Gasteiger partial charge in [0.2, 0.25) is 0 Å². The Morgan fingerprint density at radius 2 is 2.09 bits per heavy atom. The van der Waals surface area contributed by atoms with E-state index in [2.05, 4.69) is 26.0 Å². The van der Waals surface area contributed by atoms with Gasteiger partial charge in [0.15, 0.2) is 6.29 Å². The third-order valence-electron chi connectivity index (χ3n) is 1.42. The van der Waals surface area contributed by atoms with Crippen molar-refractivity contribution in [2.24, 2.45) is 5.92 Å². The van der Waals surface area contributed by atoms with Crippen LogP contribution >= 0.6 is 0 Å². The van der Waals surface area contributed by atoms with E-state index in [1.54, 1.807) is 0 Å². The molecule has 1 radical (unpaired) electrons. The molecule has 0 unspecified atom stereocenters. The zero-order valence-electron chi connectivity index (χ0n) is 7.47. The molecule has 0 aromatic rings. The van der Waals surface area contributed by atoms with Crippen LogP contribution in [0, 0.1) is 5.92 Å². The predicted octanol–water partition coefficient (Wildman–Crippen LogP) is 2.87. The largest absolute Gasteiger partial charge is 0.291 e.